The average molecular weight is 455 g/mol. The summed E-state index contributed by atoms with van der Waals surface area (Å²) in [6, 6.07) is 2.04. The van der Waals surface area contributed by atoms with Crippen molar-refractivity contribution in [1.29, 1.82) is 0 Å². The van der Waals surface area contributed by atoms with Crippen molar-refractivity contribution in [3.05, 3.63) is 23.7 Å². The second-order valence-electron chi connectivity index (χ2n) is 8.88. The minimum Gasteiger partial charge on any atom is -0.394 e. The lowest BCUT2D eigenvalue weighted by atomic mass is 9.98. The molecule has 5 rings (SSSR count). The lowest BCUT2D eigenvalue weighted by Crippen LogP contribution is -2.39. The van der Waals surface area contributed by atoms with Gasteiger partial charge in [0, 0.05) is 25.8 Å². The SMILES string of the molecule is COCCNc1nc(C)c(-c2nc3c(C4CC4)nccc3s2)c(NC2(CO)CCCC2)n1. The molecule has 3 heterocycles. The first-order valence-electron chi connectivity index (χ1n) is 11.4. The van der Waals surface area contributed by atoms with Crippen molar-refractivity contribution in [3.8, 4) is 10.6 Å². The van der Waals surface area contributed by atoms with Gasteiger partial charge in [0.2, 0.25) is 5.95 Å². The highest BCUT2D eigenvalue weighted by molar-refractivity contribution is 7.21. The van der Waals surface area contributed by atoms with Crippen LogP contribution in [0.2, 0.25) is 0 Å². The molecular weight excluding hydrogens is 424 g/mol. The van der Waals surface area contributed by atoms with Crippen molar-refractivity contribution >= 4 is 33.3 Å². The van der Waals surface area contributed by atoms with Gasteiger partial charge in [-0.25, -0.2) is 9.97 Å². The van der Waals surface area contributed by atoms with E-state index in [2.05, 4.69) is 15.6 Å². The van der Waals surface area contributed by atoms with E-state index in [-0.39, 0.29) is 12.1 Å². The van der Waals surface area contributed by atoms with E-state index in [4.69, 9.17) is 19.7 Å². The minimum atomic E-state index is -0.350. The number of aryl methyl sites for hydroxylation is 1. The normalized spacial score (nSPS) is 17.7. The van der Waals surface area contributed by atoms with E-state index in [1.54, 1.807) is 18.4 Å². The van der Waals surface area contributed by atoms with Crippen LogP contribution in [0.15, 0.2) is 12.3 Å². The van der Waals surface area contributed by atoms with Crippen molar-refractivity contribution in [3.63, 3.8) is 0 Å². The topological polar surface area (TPSA) is 105 Å². The van der Waals surface area contributed by atoms with Crippen molar-refractivity contribution in [2.45, 2.75) is 56.9 Å². The number of aromatic nitrogens is 4. The second kappa shape index (κ2) is 8.88. The van der Waals surface area contributed by atoms with Gasteiger partial charge >= 0.3 is 0 Å². The molecule has 9 heteroatoms. The molecule has 2 fully saturated rings. The van der Waals surface area contributed by atoms with E-state index in [1.807, 2.05) is 19.2 Å². The summed E-state index contributed by atoms with van der Waals surface area (Å²) in [7, 11) is 1.67. The number of fused-ring (bicyclic) bond motifs is 1. The van der Waals surface area contributed by atoms with Crippen LogP contribution in [0.4, 0.5) is 11.8 Å². The fourth-order valence-electron chi connectivity index (χ4n) is 4.53. The van der Waals surface area contributed by atoms with Gasteiger partial charge in [-0.1, -0.05) is 12.8 Å². The van der Waals surface area contributed by atoms with E-state index in [9.17, 15) is 5.11 Å². The number of hydrogen-bond acceptors (Lipinski definition) is 9. The van der Waals surface area contributed by atoms with Gasteiger partial charge in [-0.05, 0) is 38.7 Å². The molecule has 2 aliphatic carbocycles. The summed E-state index contributed by atoms with van der Waals surface area (Å²) < 4.78 is 6.29. The van der Waals surface area contributed by atoms with E-state index in [0.717, 1.165) is 63.7 Å². The van der Waals surface area contributed by atoms with Crippen LogP contribution in [0.3, 0.4) is 0 Å². The molecule has 32 heavy (non-hydrogen) atoms. The quantitative estimate of drug-likeness (QED) is 0.415. The van der Waals surface area contributed by atoms with Crippen LogP contribution in [0.1, 0.15) is 55.8 Å². The number of rotatable bonds is 9. The number of hydrogen-bond donors (Lipinski definition) is 3. The predicted octanol–water partition coefficient (Wildman–Crippen LogP) is 4.11. The molecule has 2 saturated carbocycles. The van der Waals surface area contributed by atoms with Gasteiger partial charge in [-0.15, -0.1) is 11.3 Å². The maximum absolute atomic E-state index is 10.2. The van der Waals surface area contributed by atoms with Gasteiger partial charge in [-0.2, -0.15) is 4.98 Å². The molecule has 0 atom stereocenters. The number of anilines is 2. The molecule has 0 unspecified atom stereocenters. The number of nitrogens with one attached hydrogen (secondary N) is 2. The first kappa shape index (κ1) is 21.5. The van der Waals surface area contributed by atoms with Crippen molar-refractivity contribution in [2.75, 3.05) is 37.5 Å². The Kier molecular flexibility index (Phi) is 5.96. The third-order valence-corrected chi connectivity index (χ3v) is 7.48. The van der Waals surface area contributed by atoms with E-state index in [1.165, 1.54) is 12.8 Å². The highest BCUT2D eigenvalue weighted by Crippen LogP contribution is 2.45. The van der Waals surface area contributed by atoms with Gasteiger partial charge < -0.3 is 20.5 Å². The summed E-state index contributed by atoms with van der Waals surface area (Å²) in [6.45, 7) is 3.27. The standard InChI is InChI=1S/C23H30N6O2S/c1-14-17(21-27-19-16(32-21)7-10-24-18(19)15-5-6-15)20(28-22(26-14)25-11-12-31-2)29-23(13-30)8-3-4-9-23/h7,10,15,30H,3-6,8-9,11-13H2,1-2H3,(H2,25,26,28,29). The van der Waals surface area contributed by atoms with Crippen LogP contribution in [0, 0.1) is 6.92 Å². The Hall–Kier alpha value is -2.36. The lowest BCUT2D eigenvalue weighted by molar-refractivity contribution is 0.210. The van der Waals surface area contributed by atoms with Gasteiger partial charge in [0.1, 0.15) is 16.3 Å². The maximum Gasteiger partial charge on any atom is 0.224 e. The Morgan fingerprint density at radius 1 is 1.22 bits per heavy atom. The average Bonchev–Trinajstić information content (AvgIpc) is 3.37. The van der Waals surface area contributed by atoms with Crippen LogP contribution in [0.5, 0.6) is 0 Å². The molecule has 0 spiro atoms. The third-order valence-electron chi connectivity index (χ3n) is 6.44. The molecule has 0 amide bonds. The molecule has 2 aliphatic rings. The summed E-state index contributed by atoms with van der Waals surface area (Å²) in [6.07, 6.45) is 8.32. The molecule has 8 nitrogen and oxygen atoms in total. The molecule has 3 N–H and O–H groups in total. The zero-order chi connectivity index (χ0) is 22.1. The third kappa shape index (κ3) is 4.16. The summed E-state index contributed by atoms with van der Waals surface area (Å²) in [4.78, 5) is 19.2. The van der Waals surface area contributed by atoms with Crippen molar-refractivity contribution in [1.82, 2.24) is 19.9 Å². The lowest BCUT2D eigenvalue weighted by Gasteiger charge is -2.30. The summed E-state index contributed by atoms with van der Waals surface area (Å²) in [5.41, 5.74) is 3.52. The summed E-state index contributed by atoms with van der Waals surface area (Å²) in [5, 5.41) is 18.0. The number of nitrogens with zero attached hydrogens (tertiary/aromatic N) is 4. The first-order chi connectivity index (χ1) is 15.6. The number of aliphatic hydroxyl groups is 1. The molecule has 0 aliphatic heterocycles. The van der Waals surface area contributed by atoms with E-state index in [0.29, 0.717) is 25.0 Å². The van der Waals surface area contributed by atoms with E-state index >= 15 is 0 Å². The van der Waals surface area contributed by atoms with Crippen molar-refractivity contribution < 1.29 is 9.84 Å². The highest BCUT2D eigenvalue weighted by atomic mass is 32.1. The Morgan fingerprint density at radius 3 is 2.75 bits per heavy atom. The molecular formula is C23H30N6O2S. The number of aliphatic hydroxyl groups excluding tert-OH is 1. The molecule has 0 bridgehead atoms. The largest absolute Gasteiger partial charge is 0.394 e. The van der Waals surface area contributed by atoms with Crippen LogP contribution < -0.4 is 10.6 Å². The Bertz CT molecular complexity index is 1110. The number of ether oxygens (including phenoxy) is 1. The molecule has 3 aromatic rings. The van der Waals surface area contributed by atoms with Crippen LogP contribution in [0.25, 0.3) is 20.8 Å². The number of thiazole rings is 1. The van der Waals surface area contributed by atoms with Gasteiger partial charge in [0.05, 0.1) is 40.4 Å². The fourth-order valence-corrected chi connectivity index (χ4v) is 5.59. The van der Waals surface area contributed by atoms with Crippen LogP contribution in [-0.2, 0) is 4.74 Å². The first-order valence-corrected chi connectivity index (χ1v) is 12.2. The number of pyridine rings is 1. The molecule has 170 valence electrons. The maximum atomic E-state index is 10.2. The highest BCUT2D eigenvalue weighted by Gasteiger charge is 2.35. The number of methoxy groups -OCH3 is 1. The second-order valence-corrected chi connectivity index (χ2v) is 9.91. The van der Waals surface area contributed by atoms with Crippen LogP contribution in [-0.4, -0.2) is 57.4 Å². The Labute approximate surface area is 191 Å². The smallest absolute Gasteiger partial charge is 0.224 e. The van der Waals surface area contributed by atoms with E-state index < -0.39 is 0 Å². The fraction of sp³-hybridized carbons (Fsp3) is 0.565. The zero-order valence-electron chi connectivity index (χ0n) is 18.6. The summed E-state index contributed by atoms with van der Waals surface area (Å²) in [5.74, 6) is 1.82. The Balaban J connectivity index is 1.58. The molecule has 0 radical (unpaired) electrons. The van der Waals surface area contributed by atoms with Gasteiger partial charge in [0.25, 0.3) is 0 Å². The minimum absolute atomic E-state index is 0.0809. The zero-order valence-corrected chi connectivity index (χ0v) is 19.5. The van der Waals surface area contributed by atoms with Crippen LogP contribution >= 0.6 is 11.3 Å². The monoisotopic (exact) mass is 454 g/mol. The van der Waals surface area contributed by atoms with Crippen molar-refractivity contribution in [2.24, 2.45) is 0 Å². The predicted molar refractivity (Wildman–Crippen MR) is 127 cm³/mol. The van der Waals surface area contributed by atoms with Gasteiger partial charge in [-0.3, -0.25) is 4.98 Å². The van der Waals surface area contributed by atoms with Gasteiger partial charge in [0.15, 0.2) is 0 Å². The Morgan fingerprint density at radius 2 is 2.03 bits per heavy atom. The molecule has 0 aromatic carbocycles. The molecule has 3 aromatic heterocycles. The summed E-state index contributed by atoms with van der Waals surface area (Å²) >= 11 is 1.66. The molecule has 0 saturated heterocycles.